The molecule has 26 heavy (non-hydrogen) atoms. The van der Waals surface area contributed by atoms with E-state index in [4.69, 9.17) is 0 Å². The number of anilines is 1. The molecule has 1 N–H and O–H groups in total. The van der Waals surface area contributed by atoms with Gasteiger partial charge in [0, 0.05) is 11.3 Å². The van der Waals surface area contributed by atoms with Gasteiger partial charge in [-0.3, -0.25) is 4.79 Å². The predicted molar refractivity (Wildman–Crippen MR) is 107 cm³/mol. The first-order chi connectivity index (χ1) is 12.5. The van der Waals surface area contributed by atoms with Crippen LogP contribution < -0.4 is 5.32 Å². The summed E-state index contributed by atoms with van der Waals surface area (Å²) >= 11 is 4.85. The highest BCUT2D eigenvalue weighted by Gasteiger charge is 2.14. The first-order valence-corrected chi connectivity index (χ1v) is 9.88. The number of aryl methyl sites for hydroxylation is 1. The van der Waals surface area contributed by atoms with Crippen LogP contribution in [0.5, 0.6) is 0 Å². The van der Waals surface area contributed by atoms with Crippen LogP contribution in [-0.2, 0) is 11.3 Å². The van der Waals surface area contributed by atoms with Crippen LogP contribution in [0.25, 0.3) is 0 Å². The van der Waals surface area contributed by atoms with Crippen molar-refractivity contribution in [1.29, 1.82) is 0 Å². The van der Waals surface area contributed by atoms with Crippen molar-refractivity contribution in [2.24, 2.45) is 0 Å². The van der Waals surface area contributed by atoms with Crippen molar-refractivity contribution in [2.75, 3.05) is 5.32 Å². The number of nitrogens with zero attached hydrogens (tertiary/aromatic N) is 3. The standard InChI is InChI=1S/C19H19BrN4OS/c1-3-17(25)21-15-6-4-5-7-16(15)26-19-22-18(20)23-24(19)12-14-10-8-13(2)9-11-14/h4-11H,3,12H2,1-2H3,(H,21,25). The molecule has 0 aliphatic carbocycles. The van der Waals surface area contributed by atoms with E-state index in [-0.39, 0.29) is 5.91 Å². The molecule has 0 bridgehead atoms. The Balaban J connectivity index is 1.85. The lowest BCUT2D eigenvalue weighted by Gasteiger charge is -2.10. The lowest BCUT2D eigenvalue weighted by molar-refractivity contribution is -0.115. The molecule has 0 aliphatic heterocycles. The minimum absolute atomic E-state index is 0.0136. The molecule has 0 atom stereocenters. The maximum atomic E-state index is 11.8. The normalized spacial score (nSPS) is 10.7. The maximum Gasteiger partial charge on any atom is 0.224 e. The molecule has 1 heterocycles. The zero-order chi connectivity index (χ0) is 18.5. The highest BCUT2D eigenvalue weighted by Crippen LogP contribution is 2.33. The van der Waals surface area contributed by atoms with Gasteiger partial charge in [0.15, 0.2) is 5.16 Å². The molecule has 7 heteroatoms. The maximum absolute atomic E-state index is 11.8. The van der Waals surface area contributed by atoms with Crippen LogP contribution in [0, 0.1) is 6.92 Å². The van der Waals surface area contributed by atoms with Gasteiger partial charge < -0.3 is 5.32 Å². The molecular weight excluding hydrogens is 412 g/mol. The predicted octanol–water partition coefficient (Wildman–Crippen LogP) is 4.90. The van der Waals surface area contributed by atoms with E-state index in [0.29, 0.717) is 17.7 Å². The number of para-hydroxylation sites is 1. The molecular formula is C19H19BrN4OS. The van der Waals surface area contributed by atoms with Crippen molar-refractivity contribution < 1.29 is 4.79 Å². The van der Waals surface area contributed by atoms with Gasteiger partial charge in [0.1, 0.15) is 0 Å². The van der Waals surface area contributed by atoms with Gasteiger partial charge in [-0.2, -0.15) is 4.98 Å². The molecule has 3 rings (SSSR count). The third kappa shape index (κ3) is 4.74. The molecule has 1 amide bonds. The van der Waals surface area contributed by atoms with Crippen molar-refractivity contribution in [1.82, 2.24) is 14.8 Å². The fourth-order valence-corrected chi connectivity index (χ4v) is 3.73. The Morgan fingerprint density at radius 3 is 2.65 bits per heavy atom. The van der Waals surface area contributed by atoms with Crippen LogP contribution in [0.15, 0.2) is 63.3 Å². The van der Waals surface area contributed by atoms with Crippen LogP contribution in [0.2, 0.25) is 0 Å². The molecule has 3 aromatic rings. The van der Waals surface area contributed by atoms with Crippen molar-refractivity contribution >= 4 is 39.3 Å². The van der Waals surface area contributed by atoms with Crippen molar-refractivity contribution in [3.63, 3.8) is 0 Å². The largest absolute Gasteiger partial charge is 0.325 e. The lowest BCUT2D eigenvalue weighted by Crippen LogP contribution is -2.10. The quantitative estimate of drug-likeness (QED) is 0.604. The SMILES string of the molecule is CCC(=O)Nc1ccccc1Sc1nc(Br)nn1Cc1ccc(C)cc1. The Hall–Kier alpha value is -2.12. The van der Waals surface area contributed by atoms with Gasteiger partial charge in [0.25, 0.3) is 0 Å². The number of nitrogens with one attached hydrogen (secondary N) is 1. The highest BCUT2D eigenvalue weighted by molar-refractivity contribution is 9.10. The second kappa shape index (κ2) is 8.51. The molecule has 1 aromatic heterocycles. The van der Waals surface area contributed by atoms with Gasteiger partial charge in [-0.25, -0.2) is 4.68 Å². The third-order valence-electron chi connectivity index (χ3n) is 3.75. The summed E-state index contributed by atoms with van der Waals surface area (Å²) in [6, 6.07) is 16.1. The molecule has 5 nitrogen and oxygen atoms in total. The Labute approximate surface area is 165 Å². The van der Waals surface area contributed by atoms with Crippen LogP contribution in [0.1, 0.15) is 24.5 Å². The fraction of sp³-hybridized carbons (Fsp3) is 0.211. The number of carbonyl (C=O) groups excluding carboxylic acids is 1. The molecule has 0 spiro atoms. The molecule has 134 valence electrons. The second-order valence-corrected chi connectivity index (χ2v) is 7.52. The number of halogens is 1. The first kappa shape index (κ1) is 18.7. The smallest absolute Gasteiger partial charge is 0.224 e. The van der Waals surface area contributed by atoms with Crippen LogP contribution >= 0.6 is 27.7 Å². The van der Waals surface area contributed by atoms with E-state index >= 15 is 0 Å². The van der Waals surface area contributed by atoms with E-state index in [9.17, 15) is 4.79 Å². The van der Waals surface area contributed by atoms with E-state index in [0.717, 1.165) is 21.3 Å². The topological polar surface area (TPSA) is 59.8 Å². The van der Waals surface area contributed by atoms with Gasteiger partial charge in [-0.15, -0.1) is 5.10 Å². The highest BCUT2D eigenvalue weighted by atomic mass is 79.9. The zero-order valence-corrected chi connectivity index (χ0v) is 17.0. The van der Waals surface area contributed by atoms with Gasteiger partial charge >= 0.3 is 0 Å². The monoisotopic (exact) mass is 430 g/mol. The van der Waals surface area contributed by atoms with E-state index in [1.54, 1.807) is 0 Å². The average molecular weight is 431 g/mol. The fourth-order valence-electron chi connectivity index (χ4n) is 2.34. The summed E-state index contributed by atoms with van der Waals surface area (Å²) in [6.07, 6.45) is 0.439. The molecule has 2 aromatic carbocycles. The summed E-state index contributed by atoms with van der Waals surface area (Å²) in [4.78, 5) is 17.2. The van der Waals surface area contributed by atoms with E-state index < -0.39 is 0 Å². The van der Waals surface area contributed by atoms with E-state index in [1.165, 1.54) is 17.3 Å². The first-order valence-electron chi connectivity index (χ1n) is 8.27. The molecule has 0 saturated carbocycles. The molecule has 0 aliphatic rings. The molecule has 0 unspecified atom stereocenters. The number of hydrogen-bond acceptors (Lipinski definition) is 4. The summed E-state index contributed by atoms with van der Waals surface area (Å²) < 4.78 is 2.40. The summed E-state index contributed by atoms with van der Waals surface area (Å²) in [6.45, 7) is 4.53. The Morgan fingerprint density at radius 2 is 1.92 bits per heavy atom. The van der Waals surface area contributed by atoms with Crippen LogP contribution in [0.4, 0.5) is 5.69 Å². The van der Waals surface area contributed by atoms with Gasteiger partial charge in [0.05, 0.1) is 12.2 Å². The summed E-state index contributed by atoms with van der Waals surface area (Å²) in [5.74, 6) is -0.0136. The second-order valence-electron chi connectivity index (χ2n) is 5.81. The van der Waals surface area contributed by atoms with Crippen molar-refractivity contribution in [3.05, 3.63) is 64.4 Å². The molecule has 0 radical (unpaired) electrons. The number of hydrogen-bond donors (Lipinski definition) is 1. The van der Waals surface area contributed by atoms with Crippen molar-refractivity contribution in [2.45, 2.75) is 36.9 Å². The summed E-state index contributed by atoms with van der Waals surface area (Å²) in [7, 11) is 0. The Bertz CT molecular complexity index is 908. The van der Waals surface area contributed by atoms with Gasteiger partial charge in [-0.1, -0.05) is 48.9 Å². The minimum Gasteiger partial charge on any atom is -0.325 e. The zero-order valence-electron chi connectivity index (χ0n) is 14.6. The molecule has 0 fully saturated rings. The van der Waals surface area contributed by atoms with Gasteiger partial charge in [-0.05, 0) is 52.3 Å². The van der Waals surface area contributed by atoms with E-state index in [1.807, 2.05) is 35.9 Å². The Morgan fingerprint density at radius 1 is 1.19 bits per heavy atom. The lowest BCUT2D eigenvalue weighted by atomic mass is 10.1. The number of rotatable bonds is 6. The Kier molecular flexibility index (Phi) is 6.11. The number of carbonyl (C=O) groups is 1. The molecule has 0 saturated heterocycles. The summed E-state index contributed by atoms with van der Waals surface area (Å²) in [5, 5.41) is 8.14. The van der Waals surface area contributed by atoms with E-state index in [2.05, 4.69) is 62.5 Å². The van der Waals surface area contributed by atoms with Crippen LogP contribution in [-0.4, -0.2) is 20.7 Å². The average Bonchev–Trinajstić information content (AvgIpc) is 2.97. The summed E-state index contributed by atoms with van der Waals surface area (Å²) in [5.41, 5.74) is 3.16. The number of benzene rings is 2. The number of amides is 1. The third-order valence-corrected chi connectivity index (χ3v) is 5.14. The van der Waals surface area contributed by atoms with Gasteiger partial charge in [0.2, 0.25) is 10.6 Å². The minimum atomic E-state index is -0.0136. The van der Waals surface area contributed by atoms with Crippen LogP contribution in [0.3, 0.4) is 0 Å². The van der Waals surface area contributed by atoms with Crippen molar-refractivity contribution in [3.8, 4) is 0 Å². The number of aromatic nitrogens is 3.